The minimum Gasteiger partial charge on any atom is -0.356 e. The van der Waals surface area contributed by atoms with Crippen molar-refractivity contribution in [3.63, 3.8) is 0 Å². The molecule has 0 unspecified atom stereocenters. The van der Waals surface area contributed by atoms with Gasteiger partial charge in [-0.2, -0.15) is 0 Å². The van der Waals surface area contributed by atoms with Crippen molar-refractivity contribution in [2.75, 3.05) is 0 Å². The number of carbonyl (C=O) groups is 1. The van der Waals surface area contributed by atoms with Crippen molar-refractivity contribution in [3.05, 3.63) is 52.5 Å². The van der Waals surface area contributed by atoms with Gasteiger partial charge in [0.2, 0.25) is 0 Å². The van der Waals surface area contributed by atoms with Gasteiger partial charge in [-0.05, 0) is 10.6 Å². The van der Waals surface area contributed by atoms with Crippen LogP contribution in [0.15, 0.2) is 46.2 Å². The van der Waals surface area contributed by atoms with Crippen molar-refractivity contribution in [3.8, 4) is 11.3 Å². The summed E-state index contributed by atoms with van der Waals surface area (Å²) in [6.07, 6.45) is 1.24. The Morgan fingerprint density at radius 2 is 2.12 bits per heavy atom. The summed E-state index contributed by atoms with van der Waals surface area (Å²) < 4.78 is 4.96. The predicted octanol–water partition coefficient (Wildman–Crippen LogP) is 2.79. The van der Waals surface area contributed by atoms with E-state index in [0.717, 1.165) is 0 Å². The van der Waals surface area contributed by atoms with Crippen LogP contribution in [0.25, 0.3) is 21.8 Å². The van der Waals surface area contributed by atoms with E-state index >= 15 is 0 Å². The molecule has 0 aliphatic carbocycles. The molecule has 0 aliphatic heterocycles. The third-order valence-corrected chi connectivity index (χ3v) is 1.97. The number of carbonyl (C=O) groups excluding carboxylic acids is 1. The molecule has 1 amide bonds. The number of hydrogen-bond donors (Lipinski definition) is 0. The number of hydrogen-bond acceptors (Lipinski definition) is 3. The third-order valence-electron chi connectivity index (χ3n) is 1.97. The highest BCUT2D eigenvalue weighted by Crippen LogP contribution is 2.23. The quantitative estimate of drug-likeness (QED) is 0.437. The lowest BCUT2D eigenvalue weighted by Crippen LogP contribution is -1.93. The molecule has 78 valence electrons. The first-order chi connectivity index (χ1) is 7.83. The van der Waals surface area contributed by atoms with E-state index in [0.29, 0.717) is 11.3 Å². The smallest absolute Gasteiger partial charge is 0.254 e. The summed E-state index contributed by atoms with van der Waals surface area (Å²) in [7, 11) is 0. The Morgan fingerprint density at radius 1 is 1.38 bits per heavy atom. The van der Waals surface area contributed by atoms with Crippen LogP contribution in [-0.2, 0) is 0 Å². The molecule has 0 N–H and O–H groups in total. The second-order valence-electron chi connectivity index (χ2n) is 2.93. The largest absolute Gasteiger partial charge is 0.356 e. The summed E-state index contributed by atoms with van der Waals surface area (Å²) in [5.74, 6) is -0.402. The lowest BCUT2D eigenvalue weighted by Gasteiger charge is -1.96. The van der Waals surface area contributed by atoms with E-state index in [4.69, 9.17) is 10.1 Å². The normalized spacial score (nSPS) is 9.50. The minimum atomic E-state index is -0.706. The van der Waals surface area contributed by atoms with Gasteiger partial charge in [-0.1, -0.05) is 35.5 Å². The van der Waals surface area contributed by atoms with E-state index in [9.17, 15) is 4.79 Å². The predicted molar refractivity (Wildman–Crippen MR) is 55.4 cm³/mol. The number of azide groups is 1. The lowest BCUT2D eigenvalue weighted by atomic mass is 10.1. The van der Waals surface area contributed by atoms with Crippen molar-refractivity contribution in [1.29, 1.82) is 0 Å². The van der Waals surface area contributed by atoms with Gasteiger partial charge in [-0.3, -0.25) is 4.79 Å². The van der Waals surface area contributed by atoms with Crippen molar-refractivity contribution < 1.29 is 9.32 Å². The highest BCUT2D eigenvalue weighted by Gasteiger charge is 2.15. The van der Waals surface area contributed by atoms with Crippen LogP contribution < -0.4 is 0 Å². The lowest BCUT2D eigenvalue weighted by molar-refractivity contribution is 0.100. The molecule has 0 spiro atoms. The topological polar surface area (TPSA) is 91.9 Å². The summed E-state index contributed by atoms with van der Waals surface area (Å²) in [4.78, 5) is 13.8. The molecule has 2 rings (SSSR count). The maximum absolute atomic E-state index is 11.4. The fourth-order valence-electron chi connectivity index (χ4n) is 1.28. The second-order valence-corrected chi connectivity index (χ2v) is 2.93. The molecule has 0 fully saturated rings. The Hall–Kier alpha value is -2.59. The van der Waals surface area contributed by atoms with Gasteiger partial charge in [0.1, 0.15) is 0 Å². The highest BCUT2D eigenvalue weighted by atomic mass is 16.5. The number of amides is 1. The fraction of sp³-hybridized carbons (Fsp3) is 0. The molecule has 2 aromatic rings. The van der Waals surface area contributed by atoms with Crippen molar-refractivity contribution in [1.82, 2.24) is 5.16 Å². The van der Waals surface area contributed by atoms with Crippen LogP contribution in [-0.4, -0.2) is 11.1 Å². The van der Waals surface area contributed by atoms with E-state index in [1.165, 1.54) is 6.20 Å². The van der Waals surface area contributed by atoms with Crippen LogP contribution in [0.5, 0.6) is 0 Å². The maximum atomic E-state index is 11.4. The van der Waals surface area contributed by atoms with Gasteiger partial charge < -0.3 is 4.52 Å². The second kappa shape index (κ2) is 4.29. The summed E-state index contributed by atoms with van der Waals surface area (Å²) in [5, 5.41) is 6.52. The minimum absolute atomic E-state index is 0.156. The summed E-state index contributed by atoms with van der Waals surface area (Å²) in [6.45, 7) is 0. The van der Waals surface area contributed by atoms with Gasteiger partial charge >= 0.3 is 0 Å². The Labute approximate surface area is 90.1 Å². The van der Waals surface area contributed by atoms with E-state index in [-0.39, 0.29) is 5.56 Å². The summed E-state index contributed by atoms with van der Waals surface area (Å²) in [6, 6.07) is 8.99. The molecular weight excluding hydrogens is 208 g/mol. The average Bonchev–Trinajstić information content (AvgIpc) is 2.79. The molecule has 0 bridgehead atoms. The van der Waals surface area contributed by atoms with Gasteiger partial charge in [0.05, 0.1) is 11.8 Å². The number of aromatic nitrogens is 1. The van der Waals surface area contributed by atoms with Crippen molar-refractivity contribution in [2.45, 2.75) is 0 Å². The molecule has 1 aromatic carbocycles. The number of nitrogens with zero attached hydrogens (tertiary/aromatic N) is 4. The Balaban J connectivity index is 2.48. The van der Waals surface area contributed by atoms with Gasteiger partial charge in [0.15, 0.2) is 5.76 Å². The maximum Gasteiger partial charge on any atom is 0.254 e. The third kappa shape index (κ3) is 1.77. The number of rotatable bonds is 2. The number of benzene rings is 1. The van der Waals surface area contributed by atoms with Crippen LogP contribution in [0.1, 0.15) is 10.4 Å². The Morgan fingerprint density at radius 3 is 2.81 bits per heavy atom. The van der Waals surface area contributed by atoms with E-state index in [2.05, 4.69) is 15.2 Å². The molecule has 0 saturated heterocycles. The molecule has 0 aliphatic rings. The van der Waals surface area contributed by atoms with Gasteiger partial charge in [0.25, 0.3) is 5.91 Å². The van der Waals surface area contributed by atoms with Crippen molar-refractivity contribution in [2.24, 2.45) is 5.11 Å². The molecule has 16 heavy (non-hydrogen) atoms. The first-order valence-electron chi connectivity index (χ1n) is 4.42. The van der Waals surface area contributed by atoms with Crippen LogP contribution in [0.3, 0.4) is 0 Å². The average molecular weight is 214 g/mol. The molecular formula is C10H6N4O2. The van der Waals surface area contributed by atoms with Gasteiger partial charge in [-0.15, -0.1) is 0 Å². The van der Waals surface area contributed by atoms with Crippen molar-refractivity contribution >= 4 is 5.91 Å². The molecule has 1 heterocycles. The van der Waals surface area contributed by atoms with Crippen LogP contribution >= 0.6 is 0 Å². The Bertz CT molecular complexity index is 555. The highest BCUT2D eigenvalue weighted by molar-refractivity contribution is 5.99. The van der Waals surface area contributed by atoms with E-state index in [1.807, 2.05) is 6.07 Å². The Kier molecular flexibility index (Phi) is 2.67. The van der Waals surface area contributed by atoms with Crippen LogP contribution in [0, 0.1) is 0 Å². The standard InChI is InChI=1S/C10H6N4O2/c11-14-13-10(15)8-6-12-16-9(8)7-4-2-1-3-5-7/h1-6H. The first kappa shape index (κ1) is 9.95. The van der Waals surface area contributed by atoms with Gasteiger partial charge in [0, 0.05) is 10.5 Å². The fourth-order valence-corrected chi connectivity index (χ4v) is 1.28. The molecule has 0 saturated carbocycles. The molecule has 6 nitrogen and oxygen atoms in total. The zero-order chi connectivity index (χ0) is 11.4. The molecule has 6 heteroatoms. The molecule has 1 aromatic heterocycles. The zero-order valence-electron chi connectivity index (χ0n) is 8.07. The van der Waals surface area contributed by atoms with Crippen LogP contribution in [0.2, 0.25) is 0 Å². The SMILES string of the molecule is [N-]=[N+]=NC(=O)c1cnoc1-c1ccccc1. The first-order valence-corrected chi connectivity index (χ1v) is 4.42. The molecule has 0 atom stereocenters. The summed E-state index contributed by atoms with van der Waals surface area (Å²) in [5.41, 5.74) is 9.04. The van der Waals surface area contributed by atoms with Gasteiger partial charge in [-0.25, -0.2) is 0 Å². The van der Waals surface area contributed by atoms with Crippen LogP contribution in [0.4, 0.5) is 0 Å². The van der Waals surface area contributed by atoms with E-state index in [1.54, 1.807) is 24.3 Å². The molecule has 0 radical (unpaired) electrons. The zero-order valence-corrected chi connectivity index (χ0v) is 8.07. The monoisotopic (exact) mass is 214 g/mol. The summed E-state index contributed by atoms with van der Waals surface area (Å²) >= 11 is 0. The van der Waals surface area contributed by atoms with E-state index < -0.39 is 5.91 Å².